The molecular weight excluding hydrogens is 382 g/mol. The normalized spacial score (nSPS) is 17.2. The number of esters is 1. The number of para-hydroxylation sites is 1. The van der Waals surface area contributed by atoms with Crippen LogP contribution in [0.2, 0.25) is 0 Å². The summed E-state index contributed by atoms with van der Waals surface area (Å²) in [6.45, 7) is 8.46. The number of thioether (sulfide) groups is 1. The molecule has 2 aromatic carbocycles. The number of rotatable bonds is 4. The summed E-state index contributed by atoms with van der Waals surface area (Å²) < 4.78 is 5.14. The van der Waals surface area contributed by atoms with Gasteiger partial charge in [0, 0.05) is 0 Å². The maximum absolute atomic E-state index is 12.4. The van der Waals surface area contributed by atoms with Crippen molar-refractivity contribution in [2.75, 3.05) is 6.61 Å². The maximum Gasteiger partial charge on any atom is 0.344 e. The second-order valence-electron chi connectivity index (χ2n) is 7.68. The van der Waals surface area contributed by atoms with E-state index in [-0.39, 0.29) is 23.4 Å². The molecule has 0 saturated heterocycles. The molecule has 0 bridgehead atoms. The Bertz CT molecular complexity index is 981. The molecule has 0 aliphatic carbocycles. The Morgan fingerprint density at radius 1 is 1.10 bits per heavy atom. The molecule has 150 valence electrons. The molecule has 0 radical (unpaired) electrons. The monoisotopic (exact) mass is 407 g/mol. The summed E-state index contributed by atoms with van der Waals surface area (Å²) in [5, 5.41) is 11.2. The Morgan fingerprint density at radius 3 is 2.34 bits per heavy atom. The first-order valence-corrected chi connectivity index (χ1v) is 10.4. The molecule has 4 nitrogen and oxygen atoms in total. The fourth-order valence-electron chi connectivity index (χ4n) is 2.84. The van der Waals surface area contributed by atoms with Gasteiger partial charge in [-0.25, -0.2) is 9.79 Å². The summed E-state index contributed by atoms with van der Waals surface area (Å²) >= 11 is 1.27. The van der Waals surface area contributed by atoms with Gasteiger partial charge in [-0.3, -0.25) is 0 Å². The van der Waals surface area contributed by atoms with Crippen molar-refractivity contribution in [2.24, 2.45) is 4.99 Å². The molecule has 3 rings (SSSR count). The number of carbonyl (C=O) groups excluding carboxylic acids is 1. The SMILES string of the molecule is CCOC(=O)C1=C(O)/C(=C\c2ccc(C(C)(C)C)cc2)SC1=Nc1ccccc1. The molecule has 1 N–H and O–H groups in total. The molecule has 5 heteroatoms. The van der Waals surface area contributed by atoms with Gasteiger partial charge in [-0.15, -0.1) is 0 Å². The standard InChI is InChI=1S/C24H25NO3S/c1-5-28-23(27)20-21(26)19(29-22(20)25-18-9-7-6-8-10-18)15-16-11-13-17(14-12-16)24(2,3)4/h6-15,26H,5H2,1-4H3/b19-15+,25-22?. The number of carbonyl (C=O) groups is 1. The van der Waals surface area contributed by atoms with Gasteiger partial charge in [-0.2, -0.15) is 0 Å². The summed E-state index contributed by atoms with van der Waals surface area (Å²) in [6, 6.07) is 17.5. The van der Waals surface area contributed by atoms with Crippen molar-refractivity contribution in [3.05, 3.63) is 82.0 Å². The highest BCUT2D eigenvalue weighted by molar-refractivity contribution is 8.18. The number of aliphatic imine (C=N–C) groups is 1. The lowest BCUT2D eigenvalue weighted by atomic mass is 9.87. The van der Waals surface area contributed by atoms with Gasteiger partial charge >= 0.3 is 5.97 Å². The van der Waals surface area contributed by atoms with E-state index in [0.29, 0.717) is 15.6 Å². The third kappa shape index (κ3) is 4.98. The van der Waals surface area contributed by atoms with Crippen molar-refractivity contribution < 1.29 is 14.6 Å². The smallest absolute Gasteiger partial charge is 0.344 e. The zero-order valence-electron chi connectivity index (χ0n) is 17.1. The van der Waals surface area contributed by atoms with E-state index in [4.69, 9.17) is 4.74 Å². The highest BCUT2D eigenvalue weighted by Crippen LogP contribution is 2.40. The molecule has 0 aromatic heterocycles. The summed E-state index contributed by atoms with van der Waals surface area (Å²) in [7, 11) is 0. The first kappa shape index (κ1) is 20.9. The Hall–Kier alpha value is -2.79. The van der Waals surface area contributed by atoms with Crippen molar-refractivity contribution in [3.8, 4) is 0 Å². The average molecular weight is 408 g/mol. The third-order valence-corrected chi connectivity index (χ3v) is 5.45. The van der Waals surface area contributed by atoms with Crippen molar-refractivity contribution in [1.82, 2.24) is 0 Å². The van der Waals surface area contributed by atoms with Gasteiger partial charge in [0.1, 0.15) is 16.4 Å². The van der Waals surface area contributed by atoms with E-state index in [9.17, 15) is 9.90 Å². The fourth-order valence-corrected chi connectivity index (χ4v) is 3.88. The van der Waals surface area contributed by atoms with Crippen LogP contribution >= 0.6 is 11.8 Å². The van der Waals surface area contributed by atoms with Crippen LogP contribution in [0.15, 0.2) is 75.8 Å². The molecule has 0 spiro atoms. The average Bonchev–Trinajstić information content (AvgIpc) is 2.97. The Labute approximate surface area is 176 Å². The van der Waals surface area contributed by atoms with Crippen LogP contribution in [-0.4, -0.2) is 22.7 Å². The molecule has 0 fully saturated rings. The molecule has 1 heterocycles. The molecule has 1 aliphatic rings. The molecule has 29 heavy (non-hydrogen) atoms. The summed E-state index contributed by atoms with van der Waals surface area (Å²) in [6.07, 6.45) is 1.86. The predicted molar refractivity (Wildman–Crippen MR) is 121 cm³/mol. The van der Waals surface area contributed by atoms with Crippen LogP contribution < -0.4 is 0 Å². The van der Waals surface area contributed by atoms with Crippen LogP contribution in [0.4, 0.5) is 5.69 Å². The van der Waals surface area contributed by atoms with Gasteiger partial charge in [0.15, 0.2) is 0 Å². The van der Waals surface area contributed by atoms with E-state index < -0.39 is 5.97 Å². The van der Waals surface area contributed by atoms with Gasteiger partial charge in [-0.1, -0.05) is 75.0 Å². The number of benzene rings is 2. The van der Waals surface area contributed by atoms with E-state index in [1.807, 2.05) is 48.5 Å². The van der Waals surface area contributed by atoms with Crippen LogP contribution in [0.1, 0.15) is 38.8 Å². The van der Waals surface area contributed by atoms with E-state index in [2.05, 4.69) is 37.9 Å². The number of aliphatic hydroxyl groups excluding tert-OH is 1. The molecule has 2 aromatic rings. The zero-order valence-corrected chi connectivity index (χ0v) is 17.9. The predicted octanol–water partition coefficient (Wildman–Crippen LogP) is 6.18. The summed E-state index contributed by atoms with van der Waals surface area (Å²) in [5.74, 6) is -0.665. The second-order valence-corrected chi connectivity index (χ2v) is 8.71. The van der Waals surface area contributed by atoms with E-state index in [1.54, 1.807) is 6.92 Å². The van der Waals surface area contributed by atoms with Crippen LogP contribution in [0.25, 0.3) is 6.08 Å². The first-order valence-electron chi connectivity index (χ1n) is 9.54. The quantitative estimate of drug-likeness (QED) is 0.615. The largest absolute Gasteiger partial charge is 0.506 e. The van der Waals surface area contributed by atoms with Crippen molar-refractivity contribution >= 4 is 34.5 Å². The Balaban J connectivity index is 1.98. The van der Waals surface area contributed by atoms with Crippen molar-refractivity contribution in [3.63, 3.8) is 0 Å². The summed E-state index contributed by atoms with van der Waals surface area (Å²) in [5.41, 5.74) is 3.06. The third-order valence-electron chi connectivity index (χ3n) is 4.43. The Morgan fingerprint density at radius 2 is 1.76 bits per heavy atom. The molecular formula is C24H25NO3S. The van der Waals surface area contributed by atoms with E-state index >= 15 is 0 Å². The molecule has 0 atom stereocenters. The molecule has 0 amide bonds. The van der Waals surface area contributed by atoms with Gasteiger partial charge in [0.25, 0.3) is 0 Å². The summed E-state index contributed by atoms with van der Waals surface area (Å²) in [4.78, 5) is 17.6. The van der Waals surface area contributed by atoms with Crippen LogP contribution in [0.5, 0.6) is 0 Å². The number of nitrogens with zero attached hydrogens (tertiary/aromatic N) is 1. The lowest BCUT2D eigenvalue weighted by Gasteiger charge is -2.18. The molecule has 1 aliphatic heterocycles. The fraction of sp³-hybridized carbons (Fsp3) is 0.250. The van der Waals surface area contributed by atoms with Crippen LogP contribution in [0, 0.1) is 0 Å². The lowest BCUT2D eigenvalue weighted by Crippen LogP contribution is -2.12. The number of hydrogen-bond donors (Lipinski definition) is 1. The highest BCUT2D eigenvalue weighted by Gasteiger charge is 2.33. The van der Waals surface area contributed by atoms with Gasteiger partial charge < -0.3 is 9.84 Å². The minimum atomic E-state index is -0.571. The highest BCUT2D eigenvalue weighted by atomic mass is 32.2. The van der Waals surface area contributed by atoms with E-state index in [1.165, 1.54) is 17.3 Å². The van der Waals surface area contributed by atoms with Crippen LogP contribution in [-0.2, 0) is 14.9 Å². The van der Waals surface area contributed by atoms with Crippen LogP contribution in [0.3, 0.4) is 0 Å². The van der Waals surface area contributed by atoms with Gasteiger partial charge in [0.2, 0.25) is 0 Å². The minimum Gasteiger partial charge on any atom is -0.506 e. The van der Waals surface area contributed by atoms with Crippen molar-refractivity contribution in [1.29, 1.82) is 0 Å². The first-order chi connectivity index (χ1) is 13.8. The number of hydrogen-bond acceptors (Lipinski definition) is 5. The van der Waals surface area contributed by atoms with Gasteiger partial charge in [-0.05, 0) is 41.7 Å². The second kappa shape index (κ2) is 8.70. The lowest BCUT2D eigenvalue weighted by molar-refractivity contribution is -0.138. The maximum atomic E-state index is 12.4. The zero-order chi connectivity index (χ0) is 21.0. The topological polar surface area (TPSA) is 58.9 Å². The number of ether oxygens (including phenoxy) is 1. The Kier molecular flexibility index (Phi) is 6.28. The van der Waals surface area contributed by atoms with Crippen molar-refractivity contribution in [2.45, 2.75) is 33.1 Å². The van der Waals surface area contributed by atoms with Gasteiger partial charge in [0.05, 0.1) is 17.2 Å². The molecule has 0 unspecified atom stereocenters. The molecule has 0 saturated carbocycles. The minimum absolute atomic E-state index is 0.0718. The van der Waals surface area contributed by atoms with E-state index in [0.717, 1.165) is 5.56 Å². The number of aliphatic hydroxyl groups is 1.